The summed E-state index contributed by atoms with van der Waals surface area (Å²) in [7, 11) is 0. The van der Waals surface area contributed by atoms with Crippen LogP contribution >= 0.6 is 11.8 Å². The molecule has 0 unspecified atom stereocenters. The molecule has 2 heterocycles. The highest BCUT2D eigenvalue weighted by atomic mass is 32.2. The third-order valence-electron chi connectivity index (χ3n) is 2.81. The first-order valence-electron chi connectivity index (χ1n) is 5.81. The van der Waals surface area contributed by atoms with Gasteiger partial charge in [0.25, 0.3) is 0 Å². The molecule has 0 aliphatic heterocycles. The Kier molecular flexibility index (Phi) is 4.14. The largest absolute Gasteiger partial charge is 0.409 e. The fourth-order valence-corrected chi connectivity index (χ4v) is 2.20. The molecule has 0 atom stereocenters. The number of nitrogens with zero attached hydrogens (tertiary/aromatic N) is 5. The van der Waals surface area contributed by atoms with Crippen LogP contribution in [-0.2, 0) is 0 Å². The number of rotatable bonds is 3. The number of nitrogens with two attached hydrogens (primary N) is 1. The summed E-state index contributed by atoms with van der Waals surface area (Å²) in [6.45, 7) is 5.88. The summed E-state index contributed by atoms with van der Waals surface area (Å²) in [6, 6.07) is 0. The Morgan fingerprint density at radius 1 is 1.15 bits per heavy atom. The second-order valence-corrected chi connectivity index (χ2v) is 5.12. The minimum Gasteiger partial charge on any atom is -0.409 e. The van der Waals surface area contributed by atoms with Crippen LogP contribution in [0.4, 0.5) is 0 Å². The summed E-state index contributed by atoms with van der Waals surface area (Å²) in [4.78, 5) is 17.0. The maximum Gasteiger partial charge on any atom is 0.194 e. The molecule has 2 rings (SSSR count). The Labute approximate surface area is 120 Å². The van der Waals surface area contributed by atoms with Crippen LogP contribution in [0.3, 0.4) is 0 Å². The van der Waals surface area contributed by atoms with Crippen molar-refractivity contribution in [2.45, 2.75) is 31.0 Å². The van der Waals surface area contributed by atoms with E-state index in [-0.39, 0.29) is 5.84 Å². The monoisotopic (exact) mass is 290 g/mol. The van der Waals surface area contributed by atoms with E-state index in [9.17, 15) is 0 Å². The molecule has 0 aliphatic rings. The highest BCUT2D eigenvalue weighted by Crippen LogP contribution is 2.23. The third-order valence-corrected chi connectivity index (χ3v) is 3.59. The van der Waals surface area contributed by atoms with Crippen LogP contribution in [0.25, 0.3) is 0 Å². The number of oxime groups is 1. The lowest BCUT2D eigenvalue weighted by atomic mass is 10.2. The van der Waals surface area contributed by atoms with E-state index in [1.54, 1.807) is 0 Å². The first-order valence-corrected chi connectivity index (χ1v) is 6.62. The molecule has 0 bridgehead atoms. The summed E-state index contributed by atoms with van der Waals surface area (Å²) in [5, 5.41) is 12.7. The SMILES string of the molecule is Cc1nc(Sc2cnc(C(N)=NO)cn2)nc(C)c1C. The predicted molar refractivity (Wildman–Crippen MR) is 74.9 cm³/mol. The lowest BCUT2D eigenvalue weighted by Gasteiger charge is -2.06. The smallest absolute Gasteiger partial charge is 0.194 e. The second-order valence-electron chi connectivity index (χ2n) is 4.13. The van der Waals surface area contributed by atoms with Gasteiger partial charge in [-0.2, -0.15) is 0 Å². The normalized spacial score (nSPS) is 11.7. The van der Waals surface area contributed by atoms with Gasteiger partial charge in [-0.3, -0.25) is 0 Å². The van der Waals surface area contributed by atoms with E-state index in [0.29, 0.717) is 15.9 Å². The van der Waals surface area contributed by atoms with E-state index in [0.717, 1.165) is 17.0 Å². The molecule has 0 aromatic carbocycles. The van der Waals surface area contributed by atoms with Crippen LogP contribution in [0, 0.1) is 20.8 Å². The Bertz CT molecular complexity index is 632. The molecule has 0 spiro atoms. The lowest BCUT2D eigenvalue weighted by molar-refractivity contribution is 0.318. The lowest BCUT2D eigenvalue weighted by Crippen LogP contribution is -2.15. The minimum atomic E-state index is -0.0766. The standard InChI is InChI=1S/C12H14N6OS/c1-6-7(2)16-12(17-8(6)3)20-10-5-14-9(4-15-10)11(13)18-19/h4-5,19H,1-3H3,(H2,13,18). The minimum absolute atomic E-state index is 0.0766. The molecule has 0 amide bonds. The molecule has 104 valence electrons. The van der Waals surface area contributed by atoms with Gasteiger partial charge in [-0.05, 0) is 38.1 Å². The summed E-state index contributed by atoms with van der Waals surface area (Å²) >= 11 is 1.31. The van der Waals surface area contributed by atoms with Gasteiger partial charge in [0.2, 0.25) is 0 Å². The van der Waals surface area contributed by atoms with Crippen molar-refractivity contribution in [2.75, 3.05) is 0 Å². The van der Waals surface area contributed by atoms with Gasteiger partial charge < -0.3 is 10.9 Å². The molecule has 2 aromatic rings. The van der Waals surface area contributed by atoms with Crippen molar-refractivity contribution >= 4 is 17.6 Å². The van der Waals surface area contributed by atoms with Crippen LogP contribution in [0.2, 0.25) is 0 Å². The molecule has 2 aromatic heterocycles. The van der Waals surface area contributed by atoms with Crippen molar-refractivity contribution in [1.82, 2.24) is 19.9 Å². The number of hydrogen-bond donors (Lipinski definition) is 2. The van der Waals surface area contributed by atoms with E-state index < -0.39 is 0 Å². The fraction of sp³-hybridized carbons (Fsp3) is 0.250. The van der Waals surface area contributed by atoms with Gasteiger partial charge in [-0.15, -0.1) is 0 Å². The number of aromatic nitrogens is 4. The van der Waals surface area contributed by atoms with Gasteiger partial charge in [0.1, 0.15) is 10.7 Å². The zero-order valence-electron chi connectivity index (χ0n) is 11.3. The van der Waals surface area contributed by atoms with Gasteiger partial charge in [-0.25, -0.2) is 19.9 Å². The Hall–Kier alpha value is -2.22. The Balaban J connectivity index is 2.22. The average molecular weight is 290 g/mol. The number of aryl methyl sites for hydroxylation is 2. The van der Waals surface area contributed by atoms with Gasteiger partial charge in [0.15, 0.2) is 11.0 Å². The quantitative estimate of drug-likeness (QED) is 0.289. The predicted octanol–water partition coefficient (Wildman–Crippen LogP) is 1.44. The fourth-order valence-electron chi connectivity index (χ4n) is 1.43. The Morgan fingerprint density at radius 2 is 1.80 bits per heavy atom. The van der Waals surface area contributed by atoms with E-state index >= 15 is 0 Å². The summed E-state index contributed by atoms with van der Waals surface area (Å²) < 4.78 is 0. The molecule has 20 heavy (non-hydrogen) atoms. The van der Waals surface area contributed by atoms with Crippen molar-refractivity contribution in [1.29, 1.82) is 0 Å². The van der Waals surface area contributed by atoms with Crippen LogP contribution in [0.5, 0.6) is 0 Å². The van der Waals surface area contributed by atoms with Gasteiger partial charge in [0, 0.05) is 11.4 Å². The Morgan fingerprint density at radius 3 is 2.30 bits per heavy atom. The molecule has 0 saturated heterocycles. The van der Waals surface area contributed by atoms with E-state index in [1.807, 2.05) is 20.8 Å². The molecule has 0 radical (unpaired) electrons. The van der Waals surface area contributed by atoms with Crippen molar-refractivity contribution in [3.05, 3.63) is 35.0 Å². The molecule has 8 heteroatoms. The van der Waals surface area contributed by atoms with Crippen LogP contribution in [-0.4, -0.2) is 31.0 Å². The zero-order chi connectivity index (χ0) is 14.7. The first kappa shape index (κ1) is 14.2. The van der Waals surface area contributed by atoms with E-state index in [1.165, 1.54) is 24.2 Å². The van der Waals surface area contributed by atoms with Crippen molar-refractivity contribution in [3.63, 3.8) is 0 Å². The maximum atomic E-state index is 8.55. The highest BCUT2D eigenvalue weighted by Gasteiger charge is 2.08. The molecule has 3 N–H and O–H groups in total. The molecular weight excluding hydrogens is 276 g/mol. The van der Waals surface area contributed by atoms with Crippen molar-refractivity contribution < 1.29 is 5.21 Å². The molecule has 0 aliphatic carbocycles. The van der Waals surface area contributed by atoms with Crippen LogP contribution in [0.1, 0.15) is 22.6 Å². The van der Waals surface area contributed by atoms with Crippen LogP contribution < -0.4 is 5.73 Å². The maximum absolute atomic E-state index is 8.55. The van der Waals surface area contributed by atoms with E-state index in [4.69, 9.17) is 10.9 Å². The summed E-state index contributed by atoms with van der Waals surface area (Å²) in [6.07, 6.45) is 2.97. The number of amidine groups is 1. The van der Waals surface area contributed by atoms with Crippen molar-refractivity contribution in [3.8, 4) is 0 Å². The summed E-state index contributed by atoms with van der Waals surface area (Å²) in [5.74, 6) is -0.0766. The molecule has 0 fully saturated rings. The highest BCUT2D eigenvalue weighted by molar-refractivity contribution is 7.99. The molecular formula is C12H14N6OS. The topological polar surface area (TPSA) is 110 Å². The first-order chi connectivity index (χ1) is 9.51. The molecule has 7 nitrogen and oxygen atoms in total. The van der Waals surface area contributed by atoms with Crippen LogP contribution in [0.15, 0.2) is 27.7 Å². The summed E-state index contributed by atoms with van der Waals surface area (Å²) in [5.41, 5.74) is 8.71. The third kappa shape index (κ3) is 3.02. The van der Waals surface area contributed by atoms with Gasteiger partial charge >= 0.3 is 0 Å². The zero-order valence-corrected chi connectivity index (χ0v) is 12.1. The van der Waals surface area contributed by atoms with Gasteiger partial charge in [-0.1, -0.05) is 5.16 Å². The molecule has 0 saturated carbocycles. The number of hydrogen-bond acceptors (Lipinski definition) is 7. The average Bonchev–Trinajstić information content (AvgIpc) is 2.44. The van der Waals surface area contributed by atoms with Crippen molar-refractivity contribution in [2.24, 2.45) is 10.9 Å². The van der Waals surface area contributed by atoms with Gasteiger partial charge in [0.05, 0.1) is 12.4 Å². The second kappa shape index (κ2) is 5.83. The van der Waals surface area contributed by atoms with E-state index in [2.05, 4.69) is 25.1 Å².